The van der Waals surface area contributed by atoms with Gasteiger partial charge in [-0.3, -0.25) is 0 Å². The van der Waals surface area contributed by atoms with Crippen molar-refractivity contribution in [3.63, 3.8) is 0 Å². The summed E-state index contributed by atoms with van der Waals surface area (Å²) >= 11 is 0. The number of nitrogens with zero attached hydrogens (tertiary/aromatic N) is 2. The molecule has 0 spiro atoms. The minimum Gasteiger partial charge on any atom is -0.384 e. The number of aromatic nitrogens is 2. The van der Waals surface area contributed by atoms with Crippen LogP contribution in [0.2, 0.25) is 0 Å². The molecule has 1 aromatic rings. The Hall–Kier alpha value is -1.16. The van der Waals surface area contributed by atoms with Crippen molar-refractivity contribution in [2.24, 2.45) is 0 Å². The molecule has 4 nitrogen and oxygen atoms in total. The fraction of sp³-hybridized carbons (Fsp3) is 0.556. The number of methoxy groups -OCH3 is 1. The fourth-order valence-electron chi connectivity index (χ4n) is 1.61. The number of hydrogen-bond donors (Lipinski definition) is 1. The molecule has 2 rings (SSSR count). The molecule has 0 unspecified atom stereocenters. The summed E-state index contributed by atoms with van der Waals surface area (Å²) in [6.07, 6.45) is 4.84. The van der Waals surface area contributed by atoms with E-state index < -0.39 is 0 Å². The molecular weight excluding hydrogens is 166 g/mol. The van der Waals surface area contributed by atoms with Gasteiger partial charge >= 0.3 is 0 Å². The molecule has 1 fully saturated rings. The molecule has 1 aromatic heterocycles. The highest BCUT2D eigenvalue weighted by molar-refractivity contribution is 5.27. The summed E-state index contributed by atoms with van der Waals surface area (Å²) in [7, 11) is 1.70. The zero-order chi connectivity index (χ0) is 9.31. The molecular formula is C9H13N3O. The summed E-state index contributed by atoms with van der Waals surface area (Å²) in [5.41, 5.74) is 5.33. The number of nitrogen functional groups attached to an aromatic ring is 1. The summed E-state index contributed by atoms with van der Waals surface area (Å²) < 4.78 is 5.43. The normalized spacial score (nSPS) is 19.5. The van der Waals surface area contributed by atoms with Gasteiger partial charge in [-0.25, -0.2) is 9.97 Å². The third-order valence-corrected chi connectivity index (χ3v) is 2.64. The minimum atomic E-state index is -0.255. The van der Waals surface area contributed by atoms with Gasteiger partial charge in [-0.05, 0) is 25.3 Å². The zero-order valence-corrected chi connectivity index (χ0v) is 7.66. The molecule has 1 saturated carbocycles. The largest absolute Gasteiger partial charge is 0.384 e. The van der Waals surface area contributed by atoms with Crippen molar-refractivity contribution in [2.45, 2.75) is 24.9 Å². The van der Waals surface area contributed by atoms with Crippen molar-refractivity contribution in [1.82, 2.24) is 9.97 Å². The lowest BCUT2D eigenvalue weighted by molar-refractivity contribution is -0.0845. The van der Waals surface area contributed by atoms with Gasteiger partial charge in [0.25, 0.3) is 0 Å². The topological polar surface area (TPSA) is 61.0 Å². The lowest BCUT2D eigenvalue weighted by Crippen LogP contribution is -2.38. The first-order chi connectivity index (χ1) is 6.27. The second kappa shape index (κ2) is 2.96. The molecule has 1 aliphatic rings. The summed E-state index contributed by atoms with van der Waals surface area (Å²) in [6, 6.07) is 1.69. The van der Waals surface area contributed by atoms with Crippen LogP contribution < -0.4 is 5.73 Å². The highest BCUT2D eigenvalue weighted by atomic mass is 16.5. The smallest absolute Gasteiger partial charge is 0.162 e. The van der Waals surface area contributed by atoms with Gasteiger partial charge in [0.1, 0.15) is 11.4 Å². The van der Waals surface area contributed by atoms with Gasteiger partial charge in [-0.2, -0.15) is 0 Å². The van der Waals surface area contributed by atoms with Gasteiger partial charge < -0.3 is 10.5 Å². The van der Waals surface area contributed by atoms with Gasteiger partial charge in [-0.15, -0.1) is 0 Å². The Bertz CT molecular complexity index is 304. The summed E-state index contributed by atoms with van der Waals surface area (Å²) in [5.74, 6) is 1.23. The molecule has 0 aromatic carbocycles. The van der Waals surface area contributed by atoms with Crippen molar-refractivity contribution in [1.29, 1.82) is 0 Å². The monoisotopic (exact) mass is 179 g/mol. The predicted octanol–water partition coefficient (Wildman–Crippen LogP) is 1.08. The van der Waals surface area contributed by atoms with E-state index >= 15 is 0 Å². The van der Waals surface area contributed by atoms with E-state index in [9.17, 15) is 0 Å². The molecule has 4 heteroatoms. The Morgan fingerprint density at radius 1 is 1.54 bits per heavy atom. The molecule has 2 N–H and O–H groups in total. The van der Waals surface area contributed by atoms with Crippen molar-refractivity contribution in [3.05, 3.63) is 18.1 Å². The van der Waals surface area contributed by atoms with Gasteiger partial charge in [0.05, 0.1) is 0 Å². The average molecular weight is 179 g/mol. The van der Waals surface area contributed by atoms with E-state index in [2.05, 4.69) is 9.97 Å². The SMILES string of the molecule is COC1(c2nccc(N)n2)CCC1. The molecule has 1 aliphatic carbocycles. The lowest BCUT2D eigenvalue weighted by Gasteiger charge is -2.38. The molecule has 0 radical (unpaired) electrons. The standard InChI is InChI=1S/C9H13N3O/c1-13-9(4-2-5-9)8-11-6-3-7(10)12-8/h3,6H,2,4-5H2,1H3,(H2,10,11,12). The molecule has 70 valence electrons. The first-order valence-corrected chi connectivity index (χ1v) is 4.41. The van der Waals surface area contributed by atoms with Crippen LogP contribution in [0, 0.1) is 0 Å². The van der Waals surface area contributed by atoms with Crippen molar-refractivity contribution < 1.29 is 4.74 Å². The quantitative estimate of drug-likeness (QED) is 0.738. The van der Waals surface area contributed by atoms with Crippen molar-refractivity contribution in [2.75, 3.05) is 12.8 Å². The Morgan fingerprint density at radius 3 is 2.77 bits per heavy atom. The molecule has 0 saturated heterocycles. The van der Waals surface area contributed by atoms with Crippen LogP contribution in [0.5, 0.6) is 0 Å². The Labute approximate surface area is 77.1 Å². The summed E-state index contributed by atoms with van der Waals surface area (Å²) in [5, 5.41) is 0. The Morgan fingerprint density at radius 2 is 2.31 bits per heavy atom. The maximum Gasteiger partial charge on any atom is 0.162 e. The van der Waals surface area contributed by atoms with Crippen LogP contribution >= 0.6 is 0 Å². The Balaban J connectivity index is 2.33. The maximum absolute atomic E-state index is 5.58. The second-order valence-corrected chi connectivity index (χ2v) is 3.36. The van der Waals surface area contributed by atoms with Crippen LogP contribution in [0.1, 0.15) is 25.1 Å². The summed E-state index contributed by atoms with van der Waals surface area (Å²) in [4.78, 5) is 8.37. The fourth-order valence-corrected chi connectivity index (χ4v) is 1.61. The Kier molecular flexibility index (Phi) is 1.92. The number of anilines is 1. The number of rotatable bonds is 2. The van der Waals surface area contributed by atoms with Gasteiger partial charge in [0, 0.05) is 13.3 Å². The predicted molar refractivity (Wildman–Crippen MR) is 49.0 cm³/mol. The van der Waals surface area contributed by atoms with Gasteiger partial charge in [0.15, 0.2) is 5.82 Å². The van der Waals surface area contributed by atoms with E-state index in [0.717, 1.165) is 18.7 Å². The zero-order valence-electron chi connectivity index (χ0n) is 7.66. The first-order valence-electron chi connectivity index (χ1n) is 4.41. The molecule has 0 atom stereocenters. The highest BCUT2D eigenvalue weighted by Gasteiger charge is 2.41. The third-order valence-electron chi connectivity index (χ3n) is 2.64. The second-order valence-electron chi connectivity index (χ2n) is 3.36. The van der Waals surface area contributed by atoms with E-state index in [0.29, 0.717) is 5.82 Å². The molecule has 13 heavy (non-hydrogen) atoms. The number of hydrogen-bond acceptors (Lipinski definition) is 4. The minimum absolute atomic E-state index is 0.255. The molecule has 0 aliphatic heterocycles. The van der Waals surface area contributed by atoms with Crippen LogP contribution in [0.4, 0.5) is 5.82 Å². The highest BCUT2D eigenvalue weighted by Crippen LogP contribution is 2.42. The first kappa shape index (κ1) is 8.44. The van der Waals surface area contributed by atoms with E-state index in [-0.39, 0.29) is 5.60 Å². The van der Waals surface area contributed by atoms with Gasteiger partial charge in [-0.1, -0.05) is 0 Å². The van der Waals surface area contributed by atoms with Crippen LogP contribution in [-0.4, -0.2) is 17.1 Å². The van der Waals surface area contributed by atoms with E-state index in [4.69, 9.17) is 10.5 Å². The van der Waals surface area contributed by atoms with Crippen LogP contribution in [0.15, 0.2) is 12.3 Å². The molecule has 0 bridgehead atoms. The van der Waals surface area contributed by atoms with Crippen molar-refractivity contribution >= 4 is 5.82 Å². The summed E-state index contributed by atoms with van der Waals surface area (Å²) in [6.45, 7) is 0. The molecule has 0 amide bonds. The molecule has 1 heterocycles. The van der Waals surface area contributed by atoms with Crippen LogP contribution in [-0.2, 0) is 10.3 Å². The van der Waals surface area contributed by atoms with Crippen LogP contribution in [0.3, 0.4) is 0 Å². The van der Waals surface area contributed by atoms with Gasteiger partial charge in [0.2, 0.25) is 0 Å². The van der Waals surface area contributed by atoms with E-state index in [1.165, 1.54) is 6.42 Å². The third kappa shape index (κ3) is 1.27. The average Bonchev–Trinajstić information content (AvgIpc) is 2.03. The van der Waals surface area contributed by atoms with E-state index in [1.54, 1.807) is 19.4 Å². The van der Waals surface area contributed by atoms with E-state index in [1.807, 2.05) is 0 Å². The van der Waals surface area contributed by atoms with Crippen molar-refractivity contribution in [3.8, 4) is 0 Å². The van der Waals surface area contributed by atoms with Crippen LogP contribution in [0.25, 0.3) is 0 Å². The maximum atomic E-state index is 5.58. The number of ether oxygens (including phenoxy) is 1. The number of nitrogens with two attached hydrogens (primary N) is 1. The lowest BCUT2D eigenvalue weighted by atomic mass is 9.79.